The summed E-state index contributed by atoms with van der Waals surface area (Å²) in [6, 6.07) is 5.14. The molecule has 0 atom stereocenters. The van der Waals surface area contributed by atoms with Crippen molar-refractivity contribution in [2.45, 2.75) is 0 Å². The largest absolute Gasteiger partial charge is 0.497 e. The first kappa shape index (κ1) is 15.7. The zero-order chi connectivity index (χ0) is 16.1. The molecule has 7 heteroatoms. The average Bonchev–Trinajstić information content (AvgIpc) is 2.49. The van der Waals surface area contributed by atoms with E-state index in [9.17, 15) is 17.6 Å². The van der Waals surface area contributed by atoms with Crippen LogP contribution in [0, 0.1) is 23.3 Å². The van der Waals surface area contributed by atoms with Gasteiger partial charge in [-0.1, -0.05) is 6.07 Å². The molecule has 3 nitrogen and oxygen atoms in total. The summed E-state index contributed by atoms with van der Waals surface area (Å²) in [6.45, 7) is 0. The van der Waals surface area contributed by atoms with E-state index in [1.54, 1.807) is 0 Å². The second-order valence-corrected chi connectivity index (χ2v) is 4.17. The first-order chi connectivity index (χ1) is 10.5. The topological polar surface area (TPSA) is 34.0 Å². The maximum Gasteiger partial charge on any atom is 0.159 e. The number of nitrogens with zero attached hydrogens (tertiary/aromatic N) is 2. The zero-order valence-electron chi connectivity index (χ0n) is 11.4. The SMILES string of the molecule is COc1cc(F)c(/C=N/N=C/c2ccc(F)c(F)c2)c(F)c1. The van der Waals surface area contributed by atoms with Crippen molar-refractivity contribution in [3.8, 4) is 5.75 Å². The van der Waals surface area contributed by atoms with Gasteiger partial charge in [-0.25, -0.2) is 17.6 Å². The van der Waals surface area contributed by atoms with Crippen LogP contribution in [0.2, 0.25) is 0 Å². The number of hydrogen-bond donors (Lipinski definition) is 0. The molecule has 114 valence electrons. The normalized spacial score (nSPS) is 11.5. The van der Waals surface area contributed by atoms with Crippen LogP contribution in [0.3, 0.4) is 0 Å². The molecule has 2 aromatic rings. The highest BCUT2D eigenvalue weighted by Crippen LogP contribution is 2.19. The number of rotatable bonds is 4. The Morgan fingerprint density at radius 3 is 2.05 bits per heavy atom. The fourth-order valence-corrected chi connectivity index (χ4v) is 1.59. The predicted molar refractivity (Wildman–Crippen MR) is 74.5 cm³/mol. The lowest BCUT2D eigenvalue weighted by molar-refractivity contribution is 0.406. The summed E-state index contributed by atoms with van der Waals surface area (Å²) in [5.41, 5.74) is -0.130. The van der Waals surface area contributed by atoms with Crippen molar-refractivity contribution in [3.63, 3.8) is 0 Å². The van der Waals surface area contributed by atoms with Crippen LogP contribution in [0.4, 0.5) is 17.6 Å². The number of ether oxygens (including phenoxy) is 1. The van der Waals surface area contributed by atoms with Gasteiger partial charge in [0.15, 0.2) is 11.6 Å². The highest BCUT2D eigenvalue weighted by Gasteiger charge is 2.09. The molecule has 0 spiro atoms. The van der Waals surface area contributed by atoms with Crippen molar-refractivity contribution in [2.75, 3.05) is 7.11 Å². The Balaban J connectivity index is 2.15. The number of halogens is 4. The van der Waals surface area contributed by atoms with Crippen LogP contribution in [0.1, 0.15) is 11.1 Å². The van der Waals surface area contributed by atoms with Crippen molar-refractivity contribution < 1.29 is 22.3 Å². The Kier molecular flexibility index (Phi) is 4.88. The molecule has 0 N–H and O–H groups in total. The van der Waals surface area contributed by atoms with E-state index in [0.29, 0.717) is 0 Å². The summed E-state index contributed by atoms with van der Waals surface area (Å²) in [7, 11) is 1.29. The van der Waals surface area contributed by atoms with Crippen molar-refractivity contribution in [1.29, 1.82) is 0 Å². The van der Waals surface area contributed by atoms with Crippen molar-refractivity contribution >= 4 is 12.4 Å². The molecule has 0 aliphatic heterocycles. The van der Waals surface area contributed by atoms with E-state index in [1.807, 2.05) is 0 Å². The third kappa shape index (κ3) is 3.69. The minimum absolute atomic E-state index is 0.0393. The molecule has 0 amide bonds. The molecule has 0 aliphatic carbocycles. The first-order valence-corrected chi connectivity index (χ1v) is 6.05. The van der Waals surface area contributed by atoms with E-state index < -0.39 is 23.3 Å². The molecule has 0 saturated heterocycles. The fourth-order valence-electron chi connectivity index (χ4n) is 1.59. The lowest BCUT2D eigenvalue weighted by Gasteiger charge is -2.02. The highest BCUT2D eigenvalue weighted by atomic mass is 19.2. The number of benzene rings is 2. The summed E-state index contributed by atoms with van der Waals surface area (Å²) >= 11 is 0. The lowest BCUT2D eigenvalue weighted by atomic mass is 10.2. The van der Waals surface area contributed by atoms with Gasteiger partial charge in [0, 0.05) is 12.1 Å². The van der Waals surface area contributed by atoms with Gasteiger partial charge < -0.3 is 4.74 Å². The van der Waals surface area contributed by atoms with E-state index in [1.165, 1.54) is 13.2 Å². The lowest BCUT2D eigenvalue weighted by Crippen LogP contribution is -1.96. The second-order valence-electron chi connectivity index (χ2n) is 4.17. The monoisotopic (exact) mass is 310 g/mol. The molecule has 2 rings (SSSR count). The Bertz CT molecular complexity index is 721. The minimum Gasteiger partial charge on any atom is -0.497 e. The van der Waals surface area contributed by atoms with Gasteiger partial charge in [-0.3, -0.25) is 0 Å². The van der Waals surface area contributed by atoms with E-state index in [0.717, 1.165) is 36.7 Å². The van der Waals surface area contributed by atoms with Gasteiger partial charge in [-0.15, -0.1) is 0 Å². The standard InChI is InChI=1S/C15H10F4N2O/c1-22-10-5-13(17)11(14(18)6-10)8-21-20-7-9-2-3-12(16)15(19)4-9/h2-8H,1H3/b20-7+,21-8+. The van der Waals surface area contributed by atoms with Crippen molar-refractivity contribution in [3.05, 3.63) is 64.7 Å². The van der Waals surface area contributed by atoms with Gasteiger partial charge in [0.05, 0.1) is 25.1 Å². The van der Waals surface area contributed by atoms with Crippen molar-refractivity contribution in [1.82, 2.24) is 0 Å². The summed E-state index contributed by atoms with van der Waals surface area (Å²) in [5.74, 6) is -3.69. The van der Waals surface area contributed by atoms with E-state index in [2.05, 4.69) is 10.2 Å². The Morgan fingerprint density at radius 2 is 1.45 bits per heavy atom. The highest BCUT2D eigenvalue weighted by molar-refractivity contribution is 5.83. The fraction of sp³-hybridized carbons (Fsp3) is 0.0667. The first-order valence-electron chi connectivity index (χ1n) is 6.05. The molecule has 0 aliphatic rings. The summed E-state index contributed by atoms with van der Waals surface area (Å²) in [6.07, 6.45) is 2.00. The van der Waals surface area contributed by atoms with Crippen LogP contribution in [-0.2, 0) is 0 Å². The van der Waals surface area contributed by atoms with Gasteiger partial charge in [0.1, 0.15) is 17.4 Å². The van der Waals surface area contributed by atoms with Crippen LogP contribution >= 0.6 is 0 Å². The van der Waals surface area contributed by atoms with Gasteiger partial charge in [-0.05, 0) is 17.7 Å². The van der Waals surface area contributed by atoms with Gasteiger partial charge >= 0.3 is 0 Å². The van der Waals surface area contributed by atoms with Gasteiger partial charge in [-0.2, -0.15) is 10.2 Å². The minimum atomic E-state index is -1.03. The number of methoxy groups -OCH3 is 1. The van der Waals surface area contributed by atoms with Crippen LogP contribution in [0.25, 0.3) is 0 Å². The molecule has 0 radical (unpaired) electrons. The predicted octanol–water partition coefficient (Wildman–Crippen LogP) is 3.70. The molecule has 0 saturated carbocycles. The third-order valence-corrected chi connectivity index (χ3v) is 2.69. The maximum absolute atomic E-state index is 13.6. The Morgan fingerprint density at radius 1 is 0.818 bits per heavy atom. The smallest absolute Gasteiger partial charge is 0.159 e. The van der Waals surface area contributed by atoms with Crippen LogP contribution < -0.4 is 4.74 Å². The van der Waals surface area contributed by atoms with Crippen molar-refractivity contribution in [2.24, 2.45) is 10.2 Å². The maximum atomic E-state index is 13.6. The molecule has 0 bridgehead atoms. The molecule has 0 heterocycles. The quantitative estimate of drug-likeness (QED) is 0.481. The van der Waals surface area contributed by atoms with E-state index in [-0.39, 0.29) is 16.9 Å². The molecular weight excluding hydrogens is 300 g/mol. The van der Waals surface area contributed by atoms with E-state index in [4.69, 9.17) is 4.74 Å². The Labute approximate surface area is 123 Å². The molecule has 0 aromatic heterocycles. The molecule has 0 fully saturated rings. The average molecular weight is 310 g/mol. The molecule has 2 aromatic carbocycles. The molecule has 22 heavy (non-hydrogen) atoms. The summed E-state index contributed by atoms with van der Waals surface area (Å²) in [4.78, 5) is 0. The molecular formula is C15H10F4N2O. The Hall–Kier alpha value is -2.70. The second kappa shape index (κ2) is 6.84. The van der Waals surface area contributed by atoms with Crippen LogP contribution in [0.15, 0.2) is 40.5 Å². The van der Waals surface area contributed by atoms with Gasteiger partial charge in [0.25, 0.3) is 0 Å². The molecule has 0 unspecified atom stereocenters. The summed E-state index contributed by atoms with van der Waals surface area (Å²) < 4.78 is 57.6. The van der Waals surface area contributed by atoms with Crippen LogP contribution in [0.5, 0.6) is 5.75 Å². The third-order valence-electron chi connectivity index (χ3n) is 2.69. The van der Waals surface area contributed by atoms with Crippen LogP contribution in [-0.4, -0.2) is 19.5 Å². The number of hydrogen-bond acceptors (Lipinski definition) is 3. The van der Waals surface area contributed by atoms with E-state index >= 15 is 0 Å². The van der Waals surface area contributed by atoms with Gasteiger partial charge in [0.2, 0.25) is 0 Å². The summed E-state index contributed by atoms with van der Waals surface area (Å²) in [5, 5.41) is 7.00. The zero-order valence-corrected chi connectivity index (χ0v) is 11.4.